The molecular weight excluding hydrogens is 288 g/mol. The molecule has 0 unspecified atom stereocenters. The first-order valence-corrected chi connectivity index (χ1v) is 6.07. The summed E-state index contributed by atoms with van der Waals surface area (Å²) in [6.07, 6.45) is 0. The van der Waals surface area contributed by atoms with Crippen LogP contribution in [0.3, 0.4) is 0 Å². The van der Waals surface area contributed by atoms with Crippen LogP contribution in [0.1, 0.15) is 5.56 Å². The molecule has 104 valence electrons. The Bertz CT molecular complexity index is 623. The summed E-state index contributed by atoms with van der Waals surface area (Å²) >= 11 is 5.82. The molecule has 0 aliphatic carbocycles. The van der Waals surface area contributed by atoms with E-state index in [9.17, 15) is 8.78 Å². The summed E-state index contributed by atoms with van der Waals surface area (Å²) in [6.45, 7) is -0.0684. The fourth-order valence-electron chi connectivity index (χ4n) is 1.59. The predicted octanol–water partition coefficient (Wildman–Crippen LogP) is 1.88. The van der Waals surface area contributed by atoms with Crippen LogP contribution in [0.4, 0.5) is 8.78 Å². The van der Waals surface area contributed by atoms with Gasteiger partial charge < -0.3 is 14.8 Å². The summed E-state index contributed by atoms with van der Waals surface area (Å²) in [7, 11) is -1.72. The van der Waals surface area contributed by atoms with Gasteiger partial charge in [-0.25, -0.2) is 8.78 Å². The van der Waals surface area contributed by atoms with Crippen molar-refractivity contribution in [2.75, 3.05) is 0 Å². The molecule has 2 rings (SSSR count). The SMILES string of the molecule is OB(O)c1ccc(F)c(OCc2ccc(F)cc2Cl)c1. The van der Waals surface area contributed by atoms with Gasteiger partial charge >= 0.3 is 7.12 Å². The summed E-state index contributed by atoms with van der Waals surface area (Å²) in [6, 6.07) is 7.26. The van der Waals surface area contributed by atoms with Gasteiger partial charge in [-0.15, -0.1) is 0 Å². The van der Waals surface area contributed by atoms with Gasteiger partial charge in [0.1, 0.15) is 12.4 Å². The van der Waals surface area contributed by atoms with E-state index in [1.165, 1.54) is 24.3 Å². The molecule has 0 saturated carbocycles. The van der Waals surface area contributed by atoms with E-state index < -0.39 is 18.8 Å². The van der Waals surface area contributed by atoms with E-state index in [0.717, 1.165) is 12.1 Å². The molecule has 0 atom stereocenters. The number of ether oxygens (including phenoxy) is 1. The molecular formula is C13H10BClF2O3. The Morgan fingerprint density at radius 2 is 1.85 bits per heavy atom. The van der Waals surface area contributed by atoms with Gasteiger partial charge in [-0.1, -0.05) is 23.7 Å². The molecule has 3 nitrogen and oxygen atoms in total. The van der Waals surface area contributed by atoms with Crippen LogP contribution in [0.25, 0.3) is 0 Å². The molecule has 20 heavy (non-hydrogen) atoms. The summed E-state index contributed by atoms with van der Waals surface area (Å²) < 4.78 is 31.6. The van der Waals surface area contributed by atoms with Crippen molar-refractivity contribution in [3.05, 3.63) is 58.6 Å². The van der Waals surface area contributed by atoms with Crippen molar-refractivity contribution in [2.24, 2.45) is 0 Å². The van der Waals surface area contributed by atoms with Crippen LogP contribution in [0, 0.1) is 11.6 Å². The fraction of sp³-hybridized carbons (Fsp3) is 0.0769. The van der Waals surface area contributed by atoms with Crippen molar-refractivity contribution in [2.45, 2.75) is 6.61 Å². The predicted molar refractivity (Wildman–Crippen MR) is 72.0 cm³/mol. The zero-order chi connectivity index (χ0) is 14.7. The summed E-state index contributed by atoms with van der Waals surface area (Å²) in [5.41, 5.74) is 0.592. The molecule has 2 N–H and O–H groups in total. The number of hydrogen-bond donors (Lipinski definition) is 2. The molecule has 2 aromatic carbocycles. The Labute approximate surface area is 119 Å². The van der Waals surface area contributed by atoms with Crippen LogP contribution in [-0.4, -0.2) is 17.2 Å². The molecule has 7 heteroatoms. The summed E-state index contributed by atoms with van der Waals surface area (Å²) in [5, 5.41) is 18.2. The highest BCUT2D eigenvalue weighted by molar-refractivity contribution is 6.58. The lowest BCUT2D eigenvalue weighted by Crippen LogP contribution is -2.29. The number of hydrogen-bond acceptors (Lipinski definition) is 3. The standard InChI is InChI=1S/C13H10BClF2O3/c15-11-6-10(16)3-1-8(11)7-20-13-5-9(14(18)19)2-4-12(13)17/h1-6,18-19H,7H2. The van der Waals surface area contributed by atoms with E-state index in [2.05, 4.69) is 0 Å². The Kier molecular flexibility index (Phi) is 4.59. The fourth-order valence-corrected chi connectivity index (χ4v) is 1.81. The van der Waals surface area contributed by atoms with Crippen LogP contribution in [-0.2, 0) is 6.61 Å². The minimum atomic E-state index is -1.72. The molecule has 0 heterocycles. The minimum absolute atomic E-state index is 0.0684. The highest BCUT2D eigenvalue weighted by atomic mass is 35.5. The third-order valence-electron chi connectivity index (χ3n) is 2.65. The lowest BCUT2D eigenvalue weighted by molar-refractivity contribution is 0.290. The van der Waals surface area contributed by atoms with Gasteiger partial charge in [-0.2, -0.15) is 0 Å². The van der Waals surface area contributed by atoms with Crippen LogP contribution in [0.5, 0.6) is 5.75 Å². The van der Waals surface area contributed by atoms with E-state index >= 15 is 0 Å². The zero-order valence-corrected chi connectivity index (χ0v) is 10.9. The van der Waals surface area contributed by atoms with Gasteiger partial charge in [0.05, 0.1) is 5.02 Å². The minimum Gasteiger partial charge on any atom is -0.486 e. The molecule has 0 aliphatic rings. The quantitative estimate of drug-likeness (QED) is 0.847. The van der Waals surface area contributed by atoms with E-state index in [4.69, 9.17) is 26.4 Å². The van der Waals surface area contributed by atoms with Crippen molar-refractivity contribution in [3.63, 3.8) is 0 Å². The molecule has 0 radical (unpaired) electrons. The Morgan fingerprint density at radius 1 is 1.10 bits per heavy atom. The molecule has 0 saturated heterocycles. The second-order valence-electron chi connectivity index (χ2n) is 4.09. The summed E-state index contributed by atoms with van der Waals surface area (Å²) in [4.78, 5) is 0. The van der Waals surface area contributed by atoms with Gasteiger partial charge in [-0.3, -0.25) is 0 Å². The molecule has 0 aromatic heterocycles. The average Bonchev–Trinajstić information content (AvgIpc) is 2.39. The van der Waals surface area contributed by atoms with Gasteiger partial charge in [0.2, 0.25) is 0 Å². The second kappa shape index (κ2) is 6.22. The molecule has 0 amide bonds. The van der Waals surface area contributed by atoms with Gasteiger partial charge in [0, 0.05) is 5.56 Å². The largest absolute Gasteiger partial charge is 0.488 e. The van der Waals surface area contributed by atoms with E-state index in [1.54, 1.807) is 0 Å². The maximum Gasteiger partial charge on any atom is 0.488 e. The Hall–Kier alpha value is -1.63. The van der Waals surface area contributed by atoms with Crippen molar-refractivity contribution in [1.29, 1.82) is 0 Å². The second-order valence-corrected chi connectivity index (χ2v) is 4.50. The maximum atomic E-state index is 13.5. The topological polar surface area (TPSA) is 49.7 Å². The Morgan fingerprint density at radius 3 is 2.50 bits per heavy atom. The smallest absolute Gasteiger partial charge is 0.486 e. The third-order valence-corrected chi connectivity index (χ3v) is 3.00. The van der Waals surface area contributed by atoms with Crippen LogP contribution < -0.4 is 10.2 Å². The average molecular weight is 298 g/mol. The Balaban J connectivity index is 2.16. The third kappa shape index (κ3) is 3.48. The van der Waals surface area contributed by atoms with Gasteiger partial charge in [-0.05, 0) is 29.7 Å². The zero-order valence-electron chi connectivity index (χ0n) is 10.2. The monoisotopic (exact) mass is 298 g/mol. The number of halogens is 3. The van der Waals surface area contributed by atoms with Gasteiger partial charge in [0.25, 0.3) is 0 Å². The normalized spacial score (nSPS) is 10.4. The molecule has 0 aliphatic heterocycles. The van der Waals surface area contributed by atoms with Crippen molar-refractivity contribution in [1.82, 2.24) is 0 Å². The lowest BCUT2D eigenvalue weighted by Gasteiger charge is -2.10. The maximum absolute atomic E-state index is 13.5. The van der Waals surface area contributed by atoms with Crippen molar-refractivity contribution < 1.29 is 23.6 Å². The first-order valence-electron chi connectivity index (χ1n) is 5.69. The van der Waals surface area contributed by atoms with Crippen LogP contribution >= 0.6 is 11.6 Å². The lowest BCUT2D eigenvalue weighted by atomic mass is 9.80. The van der Waals surface area contributed by atoms with E-state index in [-0.39, 0.29) is 22.8 Å². The summed E-state index contributed by atoms with van der Waals surface area (Å²) in [5.74, 6) is -1.26. The number of rotatable bonds is 4. The highest BCUT2D eigenvalue weighted by Crippen LogP contribution is 2.21. The number of benzene rings is 2. The van der Waals surface area contributed by atoms with Crippen LogP contribution in [0.15, 0.2) is 36.4 Å². The molecule has 0 spiro atoms. The van der Waals surface area contributed by atoms with Crippen LogP contribution in [0.2, 0.25) is 5.02 Å². The molecule has 0 bridgehead atoms. The first-order chi connectivity index (χ1) is 9.47. The van der Waals surface area contributed by atoms with E-state index in [1.807, 2.05) is 0 Å². The molecule has 2 aromatic rings. The molecule has 0 fully saturated rings. The van der Waals surface area contributed by atoms with Crippen molar-refractivity contribution >= 4 is 24.2 Å². The highest BCUT2D eigenvalue weighted by Gasteiger charge is 2.14. The first kappa shape index (κ1) is 14.8. The van der Waals surface area contributed by atoms with E-state index in [0.29, 0.717) is 5.56 Å². The van der Waals surface area contributed by atoms with Gasteiger partial charge in [0.15, 0.2) is 11.6 Å². The van der Waals surface area contributed by atoms with Crippen molar-refractivity contribution in [3.8, 4) is 5.75 Å².